The molecule has 0 atom stereocenters. The van der Waals surface area contributed by atoms with Crippen molar-refractivity contribution in [1.29, 1.82) is 0 Å². The second-order valence-electron chi connectivity index (χ2n) is 7.65. The van der Waals surface area contributed by atoms with Crippen LogP contribution >= 0.6 is 0 Å². The Hall–Kier alpha value is -4.53. The van der Waals surface area contributed by atoms with Crippen LogP contribution in [0.3, 0.4) is 0 Å². The van der Waals surface area contributed by atoms with Crippen LogP contribution in [-0.4, -0.2) is 36.5 Å². The van der Waals surface area contributed by atoms with Gasteiger partial charge in [-0.3, -0.25) is 4.79 Å². The minimum Gasteiger partial charge on any atom is -0.491 e. The van der Waals surface area contributed by atoms with Crippen LogP contribution in [0.4, 0.5) is 4.39 Å². The highest BCUT2D eigenvalue weighted by Crippen LogP contribution is 2.24. The van der Waals surface area contributed by atoms with Crippen molar-refractivity contribution in [3.8, 4) is 28.5 Å². The molecule has 1 aliphatic rings. The predicted octanol–water partition coefficient (Wildman–Crippen LogP) is 4.09. The van der Waals surface area contributed by atoms with Gasteiger partial charge in [-0.1, -0.05) is 18.2 Å². The second-order valence-corrected chi connectivity index (χ2v) is 7.65. The lowest BCUT2D eigenvalue weighted by Crippen LogP contribution is -2.18. The van der Waals surface area contributed by atoms with E-state index >= 15 is 4.39 Å². The second kappa shape index (κ2) is 8.78. The van der Waals surface area contributed by atoms with Crippen LogP contribution in [0, 0.1) is 12.7 Å². The summed E-state index contributed by atoms with van der Waals surface area (Å²) in [6, 6.07) is 8.19. The summed E-state index contributed by atoms with van der Waals surface area (Å²) < 4.78 is 25.0. The molecule has 0 fully saturated rings. The number of aryl methyl sites for hydroxylation is 1. The summed E-state index contributed by atoms with van der Waals surface area (Å²) in [5, 5.41) is 13.2. The molecule has 0 bridgehead atoms. The molecular formula is C25H21FN6O2. The van der Waals surface area contributed by atoms with Crippen molar-refractivity contribution in [3.63, 3.8) is 0 Å². The van der Waals surface area contributed by atoms with Gasteiger partial charge in [-0.25, -0.2) is 18.4 Å². The first-order chi connectivity index (χ1) is 16.5. The van der Waals surface area contributed by atoms with Crippen LogP contribution in [0.15, 0.2) is 84.1 Å². The van der Waals surface area contributed by atoms with E-state index in [2.05, 4.69) is 15.3 Å². The molecule has 0 spiro atoms. The number of benzene rings is 1. The molecule has 9 heteroatoms. The van der Waals surface area contributed by atoms with E-state index in [9.17, 15) is 4.79 Å². The fourth-order valence-corrected chi connectivity index (χ4v) is 3.72. The molecular weight excluding hydrogens is 435 g/mol. The number of hydrogen-bond acceptors (Lipinski definition) is 5. The first-order valence-electron chi connectivity index (χ1n) is 10.6. The van der Waals surface area contributed by atoms with Crippen molar-refractivity contribution < 1.29 is 9.13 Å². The Balaban J connectivity index is 1.67. The van der Waals surface area contributed by atoms with Crippen molar-refractivity contribution in [2.45, 2.75) is 13.3 Å². The summed E-state index contributed by atoms with van der Waals surface area (Å²) in [5.74, 6) is -0.488. The number of nitrogens with zero attached hydrogens (tertiary/aromatic N) is 6. The molecule has 5 rings (SSSR count). The smallest absolute Gasteiger partial charge is 0.251 e. The van der Waals surface area contributed by atoms with E-state index in [0.29, 0.717) is 17.1 Å². The van der Waals surface area contributed by atoms with Crippen molar-refractivity contribution in [3.05, 3.63) is 101 Å². The number of ether oxygens (including phenoxy) is 1. The average molecular weight is 456 g/mol. The van der Waals surface area contributed by atoms with Gasteiger partial charge in [-0.2, -0.15) is 15.3 Å². The summed E-state index contributed by atoms with van der Waals surface area (Å²) in [7, 11) is 1.39. The third kappa shape index (κ3) is 3.88. The first kappa shape index (κ1) is 21.3. The lowest BCUT2D eigenvalue weighted by Gasteiger charge is -2.13. The van der Waals surface area contributed by atoms with E-state index in [1.54, 1.807) is 46.0 Å². The molecule has 1 aliphatic carbocycles. The largest absolute Gasteiger partial charge is 0.491 e. The number of rotatable bonds is 5. The van der Waals surface area contributed by atoms with E-state index in [0.717, 1.165) is 12.1 Å². The first-order valence-corrected chi connectivity index (χ1v) is 10.6. The molecule has 8 nitrogen and oxygen atoms in total. The van der Waals surface area contributed by atoms with Gasteiger partial charge in [0.25, 0.3) is 5.43 Å². The molecule has 0 amide bonds. The van der Waals surface area contributed by atoms with Crippen LogP contribution in [0.1, 0.15) is 12.1 Å². The van der Waals surface area contributed by atoms with Crippen LogP contribution in [0.25, 0.3) is 28.5 Å². The fourth-order valence-electron chi connectivity index (χ4n) is 3.72. The van der Waals surface area contributed by atoms with Crippen LogP contribution in [0.5, 0.6) is 5.75 Å². The minimum absolute atomic E-state index is 0.0382. The molecule has 3 heterocycles. The molecule has 4 aromatic rings. The van der Waals surface area contributed by atoms with Crippen molar-refractivity contribution >= 4 is 5.70 Å². The van der Waals surface area contributed by atoms with Crippen LogP contribution in [-0.2, 0) is 0 Å². The standard InChI is InChI=1S/C25H21FN6O2/c1-17-14-22(32(28-17)18-8-5-3-4-6-9-18)24-25(33)23(34-2)16-31(29-24)21-11-10-19(15-20(21)26)30-13-7-12-27-30/h3,5-16H,4H2,1-2H3. The molecule has 0 aliphatic heterocycles. The fraction of sp³-hybridized carbons (Fsp3) is 0.120. The van der Waals surface area contributed by atoms with Gasteiger partial charge in [0.1, 0.15) is 5.69 Å². The molecule has 0 saturated heterocycles. The van der Waals surface area contributed by atoms with Gasteiger partial charge in [-0.15, -0.1) is 0 Å². The maximum Gasteiger partial charge on any atom is 0.251 e. The molecule has 3 aromatic heterocycles. The summed E-state index contributed by atoms with van der Waals surface area (Å²) >= 11 is 0. The monoisotopic (exact) mass is 456 g/mol. The van der Waals surface area contributed by atoms with Gasteiger partial charge in [0.15, 0.2) is 17.3 Å². The zero-order valence-corrected chi connectivity index (χ0v) is 18.6. The van der Waals surface area contributed by atoms with Crippen molar-refractivity contribution in [2.24, 2.45) is 0 Å². The molecule has 0 saturated carbocycles. The zero-order valence-electron chi connectivity index (χ0n) is 18.6. The van der Waals surface area contributed by atoms with Gasteiger partial charge >= 0.3 is 0 Å². The number of allylic oxidation sites excluding steroid dienone is 6. The highest BCUT2D eigenvalue weighted by Gasteiger charge is 2.20. The van der Waals surface area contributed by atoms with Gasteiger partial charge in [-0.05, 0) is 49.8 Å². The SMILES string of the molecule is COc1cn(-c2ccc(-n3cccn3)cc2F)nc(-c2cc(C)nn2C2=CC=CCC=C2)c1=O. The predicted molar refractivity (Wildman–Crippen MR) is 127 cm³/mol. The lowest BCUT2D eigenvalue weighted by atomic mass is 10.2. The van der Waals surface area contributed by atoms with E-state index in [1.165, 1.54) is 24.1 Å². The summed E-state index contributed by atoms with van der Waals surface area (Å²) in [6.45, 7) is 1.84. The molecule has 0 unspecified atom stereocenters. The Kier molecular flexibility index (Phi) is 5.51. The summed E-state index contributed by atoms with van der Waals surface area (Å²) in [4.78, 5) is 13.2. The Morgan fingerprint density at radius 2 is 2.00 bits per heavy atom. The Morgan fingerprint density at radius 1 is 1.12 bits per heavy atom. The van der Waals surface area contributed by atoms with Gasteiger partial charge in [0.2, 0.25) is 0 Å². The maximum atomic E-state index is 15.2. The molecule has 34 heavy (non-hydrogen) atoms. The van der Waals surface area contributed by atoms with E-state index in [-0.39, 0.29) is 17.1 Å². The van der Waals surface area contributed by atoms with E-state index in [4.69, 9.17) is 4.74 Å². The Morgan fingerprint density at radius 3 is 2.76 bits per heavy atom. The number of halogens is 1. The highest BCUT2D eigenvalue weighted by atomic mass is 19.1. The summed E-state index contributed by atoms with van der Waals surface area (Å²) in [5.41, 5.74) is 2.38. The lowest BCUT2D eigenvalue weighted by molar-refractivity contribution is 0.405. The van der Waals surface area contributed by atoms with Gasteiger partial charge < -0.3 is 4.74 Å². The normalized spacial score (nSPS) is 13.1. The molecule has 170 valence electrons. The number of aromatic nitrogens is 6. The quantitative estimate of drug-likeness (QED) is 0.452. The number of methoxy groups -OCH3 is 1. The zero-order chi connectivity index (χ0) is 23.7. The Bertz CT molecular complexity index is 1510. The highest BCUT2D eigenvalue weighted by molar-refractivity contribution is 5.68. The summed E-state index contributed by atoms with van der Waals surface area (Å²) in [6.07, 6.45) is 15.3. The maximum absolute atomic E-state index is 15.2. The average Bonchev–Trinajstić information content (AvgIpc) is 3.42. The van der Waals surface area contributed by atoms with Crippen molar-refractivity contribution in [1.82, 2.24) is 29.3 Å². The van der Waals surface area contributed by atoms with Gasteiger partial charge in [0.05, 0.1) is 36.1 Å². The third-order valence-corrected chi connectivity index (χ3v) is 5.34. The van der Waals surface area contributed by atoms with Crippen LogP contribution < -0.4 is 10.2 Å². The van der Waals surface area contributed by atoms with Gasteiger partial charge in [0, 0.05) is 18.5 Å². The molecule has 1 aromatic carbocycles. The van der Waals surface area contributed by atoms with E-state index < -0.39 is 11.2 Å². The van der Waals surface area contributed by atoms with Crippen LogP contribution in [0.2, 0.25) is 0 Å². The van der Waals surface area contributed by atoms with Crippen molar-refractivity contribution in [2.75, 3.05) is 7.11 Å². The Labute approximate surface area is 194 Å². The molecule has 0 N–H and O–H groups in total. The topological polar surface area (TPSA) is 79.8 Å². The number of hydrogen-bond donors (Lipinski definition) is 0. The van der Waals surface area contributed by atoms with E-state index in [1.807, 2.05) is 37.3 Å². The minimum atomic E-state index is -0.526. The molecule has 0 radical (unpaired) electrons. The third-order valence-electron chi connectivity index (χ3n) is 5.34.